The number of hydrogen-bond acceptors (Lipinski definition) is 4. The Hall–Kier alpha value is -0.393. The number of rotatable bonds is 5. The molecular formula is C12H24O4Si. The number of epoxide rings is 1. The van der Waals surface area contributed by atoms with Gasteiger partial charge in [0, 0.05) is 0 Å². The van der Waals surface area contributed by atoms with Gasteiger partial charge in [0.15, 0.2) is 14.4 Å². The van der Waals surface area contributed by atoms with Crippen molar-refractivity contribution in [3.63, 3.8) is 0 Å². The van der Waals surface area contributed by atoms with Crippen LogP contribution in [0.15, 0.2) is 0 Å². The first-order valence-corrected chi connectivity index (χ1v) is 9.06. The van der Waals surface area contributed by atoms with Crippen LogP contribution < -0.4 is 0 Å². The fourth-order valence-corrected chi connectivity index (χ4v) is 2.22. The molecule has 1 fully saturated rings. The second-order valence-corrected chi connectivity index (χ2v) is 10.7. The van der Waals surface area contributed by atoms with Crippen LogP contribution in [-0.2, 0) is 18.7 Å². The summed E-state index contributed by atoms with van der Waals surface area (Å²) < 4.78 is 16.1. The molecule has 5 heteroatoms. The summed E-state index contributed by atoms with van der Waals surface area (Å²) in [7, 11) is -1.74. The zero-order valence-corrected chi connectivity index (χ0v) is 12.7. The molecule has 1 rings (SSSR count). The Morgan fingerprint density at radius 2 is 1.94 bits per heavy atom. The standard InChI is InChI=1S/C12H24O4Si/c1-7-14-11(13)10-9(16-10)8-15-17(5,6)12(2,3)4/h9-10H,7-8H2,1-6H3/t9-,10+/m1/s1. The molecule has 17 heavy (non-hydrogen) atoms. The van der Waals surface area contributed by atoms with Gasteiger partial charge >= 0.3 is 5.97 Å². The first-order valence-electron chi connectivity index (χ1n) is 6.15. The van der Waals surface area contributed by atoms with E-state index in [2.05, 4.69) is 33.9 Å². The van der Waals surface area contributed by atoms with E-state index in [9.17, 15) is 4.79 Å². The lowest BCUT2D eigenvalue weighted by Crippen LogP contribution is -2.41. The van der Waals surface area contributed by atoms with E-state index < -0.39 is 14.4 Å². The topological polar surface area (TPSA) is 48.1 Å². The molecule has 0 aliphatic carbocycles. The summed E-state index contributed by atoms with van der Waals surface area (Å²) in [5, 5.41) is 0.182. The van der Waals surface area contributed by atoms with Gasteiger partial charge in [0.05, 0.1) is 13.2 Å². The molecular weight excluding hydrogens is 236 g/mol. The van der Waals surface area contributed by atoms with Crippen LogP contribution in [0.2, 0.25) is 18.1 Å². The Morgan fingerprint density at radius 1 is 1.35 bits per heavy atom. The van der Waals surface area contributed by atoms with Crippen LogP contribution in [0.3, 0.4) is 0 Å². The van der Waals surface area contributed by atoms with Crippen LogP contribution in [0.4, 0.5) is 0 Å². The molecule has 0 aromatic rings. The SMILES string of the molecule is CCOC(=O)[C@H]1O[C@@H]1CO[Si](C)(C)C(C)(C)C. The molecule has 0 bridgehead atoms. The minimum Gasteiger partial charge on any atom is -0.464 e. The molecule has 0 spiro atoms. The fraction of sp³-hybridized carbons (Fsp3) is 0.917. The van der Waals surface area contributed by atoms with E-state index in [-0.39, 0.29) is 17.1 Å². The normalized spacial score (nSPS) is 24.6. The van der Waals surface area contributed by atoms with Crippen LogP contribution in [-0.4, -0.2) is 39.7 Å². The highest BCUT2D eigenvalue weighted by molar-refractivity contribution is 6.74. The molecule has 0 aromatic heterocycles. The van der Waals surface area contributed by atoms with Crippen LogP contribution in [0, 0.1) is 0 Å². The van der Waals surface area contributed by atoms with Crippen molar-refractivity contribution in [2.45, 2.75) is 58.0 Å². The van der Waals surface area contributed by atoms with Gasteiger partial charge in [-0.15, -0.1) is 0 Å². The van der Waals surface area contributed by atoms with E-state index in [1.54, 1.807) is 6.92 Å². The molecule has 0 amide bonds. The molecule has 1 aliphatic heterocycles. The smallest absolute Gasteiger partial charge is 0.338 e. The van der Waals surface area contributed by atoms with Crippen molar-refractivity contribution in [1.82, 2.24) is 0 Å². The third kappa shape index (κ3) is 3.79. The third-order valence-corrected chi connectivity index (χ3v) is 8.02. The summed E-state index contributed by atoms with van der Waals surface area (Å²) in [5.41, 5.74) is 0. The summed E-state index contributed by atoms with van der Waals surface area (Å²) in [4.78, 5) is 11.3. The van der Waals surface area contributed by atoms with Crippen molar-refractivity contribution in [3.05, 3.63) is 0 Å². The number of esters is 1. The van der Waals surface area contributed by atoms with Crippen molar-refractivity contribution >= 4 is 14.3 Å². The maximum Gasteiger partial charge on any atom is 0.338 e. The Labute approximate surface area is 105 Å². The lowest BCUT2D eigenvalue weighted by molar-refractivity contribution is -0.144. The summed E-state index contributed by atoms with van der Waals surface area (Å²) >= 11 is 0. The molecule has 0 saturated carbocycles. The zero-order valence-electron chi connectivity index (χ0n) is 11.7. The van der Waals surface area contributed by atoms with Gasteiger partial charge < -0.3 is 13.9 Å². The predicted octanol–water partition coefficient (Wildman–Crippen LogP) is 2.34. The molecule has 0 N–H and O–H groups in total. The molecule has 1 aliphatic rings. The van der Waals surface area contributed by atoms with E-state index in [0.29, 0.717) is 13.2 Å². The fourth-order valence-electron chi connectivity index (χ4n) is 1.21. The van der Waals surface area contributed by atoms with E-state index in [1.165, 1.54) is 0 Å². The van der Waals surface area contributed by atoms with Crippen LogP contribution in [0.1, 0.15) is 27.7 Å². The first kappa shape index (κ1) is 14.7. The minimum atomic E-state index is -1.74. The molecule has 2 atom stereocenters. The van der Waals surface area contributed by atoms with E-state index in [4.69, 9.17) is 13.9 Å². The van der Waals surface area contributed by atoms with E-state index in [1.807, 2.05) is 0 Å². The predicted molar refractivity (Wildman–Crippen MR) is 68.4 cm³/mol. The third-order valence-electron chi connectivity index (χ3n) is 3.52. The van der Waals surface area contributed by atoms with Crippen LogP contribution in [0.25, 0.3) is 0 Å². The number of ether oxygens (including phenoxy) is 2. The highest BCUT2D eigenvalue weighted by Gasteiger charge is 2.48. The average molecular weight is 260 g/mol. The molecule has 0 aromatic carbocycles. The second kappa shape index (κ2) is 5.08. The Balaban J connectivity index is 2.33. The van der Waals surface area contributed by atoms with Crippen molar-refractivity contribution < 1.29 is 18.7 Å². The second-order valence-electron chi connectivity index (χ2n) is 5.92. The molecule has 0 radical (unpaired) electrons. The van der Waals surface area contributed by atoms with E-state index in [0.717, 1.165) is 0 Å². The molecule has 100 valence electrons. The lowest BCUT2D eigenvalue weighted by atomic mass is 10.2. The summed E-state index contributed by atoms with van der Waals surface area (Å²) in [6.07, 6.45) is -0.511. The summed E-state index contributed by atoms with van der Waals surface area (Å²) in [6.45, 7) is 13.6. The quantitative estimate of drug-likeness (QED) is 0.432. The molecule has 1 saturated heterocycles. The van der Waals surface area contributed by atoms with Crippen LogP contribution in [0.5, 0.6) is 0 Å². The highest BCUT2D eigenvalue weighted by atomic mass is 28.4. The summed E-state index contributed by atoms with van der Waals surface area (Å²) in [6, 6.07) is 0. The van der Waals surface area contributed by atoms with Crippen LogP contribution >= 0.6 is 0 Å². The first-order chi connectivity index (χ1) is 7.69. The zero-order chi connectivity index (χ0) is 13.3. The van der Waals surface area contributed by atoms with Crippen molar-refractivity contribution in [1.29, 1.82) is 0 Å². The monoisotopic (exact) mass is 260 g/mol. The van der Waals surface area contributed by atoms with Crippen molar-refractivity contribution in [2.24, 2.45) is 0 Å². The highest BCUT2D eigenvalue weighted by Crippen LogP contribution is 2.37. The average Bonchev–Trinajstić information content (AvgIpc) is 2.92. The van der Waals surface area contributed by atoms with Gasteiger partial charge in [-0.05, 0) is 25.1 Å². The maximum absolute atomic E-state index is 11.3. The Morgan fingerprint density at radius 3 is 2.41 bits per heavy atom. The summed E-state index contributed by atoms with van der Waals surface area (Å²) in [5.74, 6) is -0.267. The number of hydrogen-bond donors (Lipinski definition) is 0. The Kier molecular flexibility index (Phi) is 4.38. The molecule has 0 unspecified atom stereocenters. The van der Waals surface area contributed by atoms with Gasteiger partial charge in [-0.25, -0.2) is 4.79 Å². The number of carbonyl (C=O) groups excluding carboxylic acids is 1. The van der Waals surface area contributed by atoms with Gasteiger partial charge in [-0.2, -0.15) is 0 Å². The largest absolute Gasteiger partial charge is 0.464 e. The Bertz CT molecular complexity index is 283. The van der Waals surface area contributed by atoms with Gasteiger partial charge in [0.1, 0.15) is 6.10 Å². The van der Waals surface area contributed by atoms with Crippen molar-refractivity contribution in [3.8, 4) is 0 Å². The van der Waals surface area contributed by atoms with E-state index >= 15 is 0 Å². The van der Waals surface area contributed by atoms with Gasteiger partial charge in [0.25, 0.3) is 0 Å². The van der Waals surface area contributed by atoms with Crippen molar-refractivity contribution in [2.75, 3.05) is 13.2 Å². The molecule has 1 heterocycles. The lowest BCUT2D eigenvalue weighted by Gasteiger charge is -2.35. The van der Waals surface area contributed by atoms with Gasteiger partial charge in [0.2, 0.25) is 0 Å². The number of carbonyl (C=O) groups is 1. The maximum atomic E-state index is 11.3. The van der Waals surface area contributed by atoms with Gasteiger partial charge in [-0.1, -0.05) is 20.8 Å². The molecule has 4 nitrogen and oxygen atoms in total. The van der Waals surface area contributed by atoms with Gasteiger partial charge in [-0.3, -0.25) is 0 Å². The minimum absolute atomic E-state index is 0.108.